The van der Waals surface area contributed by atoms with Crippen molar-refractivity contribution < 1.29 is 12.8 Å². The Balaban J connectivity index is 2.41. The smallest absolute Gasteiger partial charge is 0.329 e. The number of anilines is 2. The number of nitrogen functional groups attached to an aromatic ring is 1. The lowest BCUT2D eigenvalue weighted by molar-refractivity contribution is 0.534. The molecule has 1 aromatic heterocycles. The lowest BCUT2D eigenvalue weighted by atomic mass is 10.1. The molecule has 19 heavy (non-hydrogen) atoms. The monoisotopic (exact) mass is 282 g/mol. The van der Waals surface area contributed by atoms with Crippen molar-refractivity contribution in [1.29, 1.82) is 0 Å². The van der Waals surface area contributed by atoms with Crippen molar-refractivity contribution in [2.24, 2.45) is 0 Å². The van der Waals surface area contributed by atoms with Crippen LogP contribution in [0.2, 0.25) is 0 Å². The molecule has 3 N–H and O–H groups in total. The van der Waals surface area contributed by atoms with Gasteiger partial charge < -0.3 is 10.2 Å². The molecule has 0 unspecified atom stereocenters. The van der Waals surface area contributed by atoms with E-state index in [1.807, 2.05) is 6.92 Å². The summed E-state index contributed by atoms with van der Waals surface area (Å²) in [5, 5.41) is 7.15. The second-order valence-corrected chi connectivity index (χ2v) is 5.60. The second kappa shape index (κ2) is 4.88. The number of nitrogens with zero attached hydrogens (tertiary/aromatic N) is 2. The van der Waals surface area contributed by atoms with Crippen LogP contribution in [-0.4, -0.2) is 18.6 Å². The predicted octanol–water partition coefficient (Wildman–Crippen LogP) is 1.32. The molecule has 102 valence electrons. The zero-order valence-electron chi connectivity index (χ0n) is 10.5. The number of aryl methyl sites for hydroxylation is 2. The molecule has 0 fully saturated rings. The Morgan fingerprint density at radius 1 is 1.37 bits per heavy atom. The number of hydrogen-bond acceptors (Lipinski definition) is 6. The maximum atomic E-state index is 12.2. The molecule has 0 amide bonds. The van der Waals surface area contributed by atoms with Gasteiger partial charge in [0.2, 0.25) is 5.89 Å². The van der Waals surface area contributed by atoms with Crippen LogP contribution in [0.25, 0.3) is 0 Å². The van der Waals surface area contributed by atoms with Gasteiger partial charge in [-0.25, -0.2) is 13.1 Å². The molecule has 2 rings (SSSR count). The molecule has 0 radical (unpaired) electrons. The van der Waals surface area contributed by atoms with Gasteiger partial charge in [0.05, 0.1) is 4.90 Å². The molecule has 0 saturated carbocycles. The summed E-state index contributed by atoms with van der Waals surface area (Å²) in [6, 6.07) is 4.59. The van der Waals surface area contributed by atoms with E-state index in [0.717, 1.165) is 0 Å². The fourth-order valence-corrected chi connectivity index (χ4v) is 2.89. The third kappa shape index (κ3) is 2.84. The van der Waals surface area contributed by atoms with Crippen LogP contribution < -0.4 is 10.5 Å². The molecule has 1 aromatic carbocycles. The summed E-state index contributed by atoms with van der Waals surface area (Å²) in [4.78, 5) is 0.117. The number of sulfonamides is 1. The van der Waals surface area contributed by atoms with Gasteiger partial charge in [0.1, 0.15) is 0 Å². The molecular weight excluding hydrogens is 268 g/mol. The Bertz CT molecular complexity index is 694. The Labute approximate surface area is 110 Å². The molecule has 8 heteroatoms. The SMILES string of the molecule is CCc1ccc(N)cc1S(=O)(=O)Nc1nnc(C)o1. The van der Waals surface area contributed by atoms with Gasteiger partial charge in [-0.3, -0.25) is 0 Å². The second-order valence-electron chi connectivity index (χ2n) is 3.95. The maximum Gasteiger partial charge on any atom is 0.329 e. The van der Waals surface area contributed by atoms with Crippen LogP contribution in [0.5, 0.6) is 0 Å². The van der Waals surface area contributed by atoms with Gasteiger partial charge in [0, 0.05) is 12.6 Å². The maximum absolute atomic E-state index is 12.2. The molecule has 0 spiro atoms. The van der Waals surface area contributed by atoms with Crippen molar-refractivity contribution >= 4 is 21.7 Å². The number of nitrogens with two attached hydrogens (primary N) is 1. The largest absolute Gasteiger partial charge is 0.408 e. The first kappa shape index (κ1) is 13.3. The van der Waals surface area contributed by atoms with E-state index in [9.17, 15) is 8.42 Å². The van der Waals surface area contributed by atoms with Gasteiger partial charge in [-0.2, -0.15) is 0 Å². The fraction of sp³-hybridized carbons (Fsp3) is 0.273. The van der Waals surface area contributed by atoms with Crippen molar-refractivity contribution in [2.75, 3.05) is 10.5 Å². The minimum atomic E-state index is -3.79. The number of benzene rings is 1. The van der Waals surface area contributed by atoms with Crippen molar-refractivity contribution in [2.45, 2.75) is 25.2 Å². The standard InChI is InChI=1S/C11H14N4O3S/c1-3-8-4-5-9(12)6-10(8)19(16,17)15-11-14-13-7(2)18-11/h4-6H,3,12H2,1-2H3,(H,14,15). The molecule has 2 aromatic rings. The highest BCUT2D eigenvalue weighted by Crippen LogP contribution is 2.22. The fourth-order valence-electron chi connectivity index (χ4n) is 1.62. The van der Waals surface area contributed by atoms with E-state index < -0.39 is 10.0 Å². The van der Waals surface area contributed by atoms with Crippen LogP contribution in [0.3, 0.4) is 0 Å². The van der Waals surface area contributed by atoms with Crippen molar-refractivity contribution in [3.63, 3.8) is 0 Å². The Morgan fingerprint density at radius 3 is 2.68 bits per heavy atom. The van der Waals surface area contributed by atoms with Gasteiger partial charge in [-0.15, -0.1) is 5.10 Å². The van der Waals surface area contributed by atoms with Crippen molar-refractivity contribution in [1.82, 2.24) is 10.2 Å². The van der Waals surface area contributed by atoms with Gasteiger partial charge in [-0.05, 0) is 24.1 Å². The molecule has 0 saturated heterocycles. The molecule has 0 bridgehead atoms. The normalized spacial score (nSPS) is 11.5. The average Bonchev–Trinajstić information content (AvgIpc) is 2.74. The highest BCUT2D eigenvalue weighted by atomic mass is 32.2. The molecule has 0 aliphatic carbocycles. The van der Waals surface area contributed by atoms with E-state index in [1.54, 1.807) is 19.1 Å². The number of rotatable bonds is 4. The lowest BCUT2D eigenvalue weighted by Gasteiger charge is -2.09. The van der Waals surface area contributed by atoms with E-state index in [4.69, 9.17) is 10.2 Å². The number of nitrogens with one attached hydrogen (secondary N) is 1. The summed E-state index contributed by atoms with van der Waals surface area (Å²) < 4.78 is 31.7. The quantitative estimate of drug-likeness (QED) is 0.818. The van der Waals surface area contributed by atoms with E-state index >= 15 is 0 Å². The van der Waals surface area contributed by atoms with E-state index in [-0.39, 0.29) is 16.8 Å². The zero-order chi connectivity index (χ0) is 14.0. The van der Waals surface area contributed by atoms with Gasteiger partial charge in [0.15, 0.2) is 0 Å². The molecule has 1 heterocycles. The summed E-state index contributed by atoms with van der Waals surface area (Å²) in [6.45, 7) is 3.43. The third-order valence-electron chi connectivity index (χ3n) is 2.51. The summed E-state index contributed by atoms with van der Waals surface area (Å²) in [5.74, 6) is 0.279. The van der Waals surface area contributed by atoms with Crippen LogP contribution in [-0.2, 0) is 16.4 Å². The minimum Gasteiger partial charge on any atom is -0.408 e. The number of aromatic nitrogens is 2. The minimum absolute atomic E-state index is 0.117. The third-order valence-corrected chi connectivity index (χ3v) is 3.91. The number of hydrogen-bond donors (Lipinski definition) is 2. The van der Waals surface area contributed by atoms with Gasteiger partial charge >= 0.3 is 6.01 Å². The molecule has 0 aliphatic heterocycles. The first-order chi connectivity index (χ1) is 8.92. The Kier molecular flexibility index (Phi) is 3.43. The molecule has 0 atom stereocenters. The topological polar surface area (TPSA) is 111 Å². The van der Waals surface area contributed by atoms with E-state index in [1.165, 1.54) is 6.07 Å². The van der Waals surface area contributed by atoms with Crippen LogP contribution in [0.15, 0.2) is 27.5 Å². The first-order valence-corrected chi connectivity index (χ1v) is 7.12. The zero-order valence-corrected chi connectivity index (χ0v) is 11.4. The predicted molar refractivity (Wildman–Crippen MR) is 70.1 cm³/mol. The summed E-state index contributed by atoms with van der Waals surface area (Å²) in [7, 11) is -3.79. The van der Waals surface area contributed by atoms with Crippen LogP contribution in [0, 0.1) is 6.92 Å². The average molecular weight is 282 g/mol. The molecular formula is C11H14N4O3S. The molecule has 0 aliphatic rings. The highest BCUT2D eigenvalue weighted by molar-refractivity contribution is 7.92. The van der Waals surface area contributed by atoms with Crippen molar-refractivity contribution in [3.05, 3.63) is 29.7 Å². The van der Waals surface area contributed by atoms with Crippen molar-refractivity contribution in [3.8, 4) is 0 Å². The van der Waals surface area contributed by atoms with Crippen LogP contribution in [0.1, 0.15) is 18.4 Å². The highest BCUT2D eigenvalue weighted by Gasteiger charge is 2.20. The Hall–Kier alpha value is -2.09. The lowest BCUT2D eigenvalue weighted by Crippen LogP contribution is -2.15. The van der Waals surface area contributed by atoms with E-state index in [2.05, 4.69) is 14.9 Å². The van der Waals surface area contributed by atoms with E-state index in [0.29, 0.717) is 17.7 Å². The Morgan fingerprint density at radius 2 is 2.11 bits per heavy atom. The van der Waals surface area contributed by atoms with Crippen LogP contribution in [0.4, 0.5) is 11.7 Å². The van der Waals surface area contributed by atoms with Gasteiger partial charge in [-0.1, -0.05) is 18.1 Å². The summed E-state index contributed by atoms with van der Waals surface area (Å²) >= 11 is 0. The summed E-state index contributed by atoms with van der Waals surface area (Å²) in [5.41, 5.74) is 6.67. The summed E-state index contributed by atoms with van der Waals surface area (Å²) in [6.07, 6.45) is 0.569. The van der Waals surface area contributed by atoms with Gasteiger partial charge in [0.25, 0.3) is 10.0 Å². The van der Waals surface area contributed by atoms with Crippen LogP contribution >= 0.6 is 0 Å². The first-order valence-electron chi connectivity index (χ1n) is 5.63. The molecule has 7 nitrogen and oxygen atoms in total.